The lowest BCUT2D eigenvalue weighted by Gasteiger charge is -2.02. The summed E-state index contributed by atoms with van der Waals surface area (Å²) in [5, 5.41) is 0. The van der Waals surface area contributed by atoms with E-state index in [0.717, 1.165) is 10.0 Å². The molecule has 0 fully saturated rings. The Morgan fingerprint density at radius 1 is 1.19 bits per heavy atom. The lowest BCUT2D eigenvalue weighted by Crippen LogP contribution is -2.01. The summed E-state index contributed by atoms with van der Waals surface area (Å²) in [6.07, 6.45) is 3.24. The zero-order valence-electron chi connectivity index (χ0n) is 8.77. The lowest BCUT2D eigenvalue weighted by molar-refractivity contribution is 0.103. The van der Waals surface area contributed by atoms with Crippen LogP contribution in [0.2, 0.25) is 0 Å². The third-order valence-corrected chi connectivity index (χ3v) is 2.68. The highest BCUT2D eigenvalue weighted by atomic mass is 79.9. The normalized spacial score (nSPS) is 10.1. The second kappa shape index (κ2) is 4.58. The number of rotatable bonds is 2. The van der Waals surface area contributed by atoms with Crippen molar-refractivity contribution in [2.75, 3.05) is 0 Å². The molecule has 0 amide bonds. The first-order chi connectivity index (χ1) is 7.66. The monoisotopic (exact) mass is 275 g/mol. The molecule has 0 bridgehead atoms. The lowest BCUT2D eigenvalue weighted by atomic mass is 10.0. The highest BCUT2D eigenvalue weighted by Crippen LogP contribution is 2.14. The largest absolute Gasteiger partial charge is 0.289 e. The topological polar surface area (TPSA) is 30.0 Å². The average molecular weight is 276 g/mol. The molecule has 0 spiro atoms. The first-order valence-corrected chi connectivity index (χ1v) is 5.68. The summed E-state index contributed by atoms with van der Waals surface area (Å²) in [7, 11) is 0. The van der Waals surface area contributed by atoms with E-state index in [1.54, 1.807) is 18.5 Å². The summed E-state index contributed by atoms with van der Waals surface area (Å²) in [5.41, 5.74) is 2.37. The van der Waals surface area contributed by atoms with Gasteiger partial charge in [0, 0.05) is 28.0 Å². The average Bonchev–Trinajstić information content (AvgIpc) is 2.28. The Kier molecular flexibility index (Phi) is 3.15. The van der Waals surface area contributed by atoms with Gasteiger partial charge in [0.1, 0.15) is 0 Å². The molecule has 80 valence electrons. The Morgan fingerprint density at radius 2 is 2.00 bits per heavy atom. The van der Waals surface area contributed by atoms with Crippen molar-refractivity contribution in [2.45, 2.75) is 6.92 Å². The van der Waals surface area contributed by atoms with Crippen molar-refractivity contribution in [2.24, 2.45) is 0 Å². The second-order valence-electron chi connectivity index (χ2n) is 3.59. The van der Waals surface area contributed by atoms with Gasteiger partial charge in [-0.25, -0.2) is 0 Å². The zero-order valence-corrected chi connectivity index (χ0v) is 10.4. The molecule has 0 aliphatic heterocycles. The van der Waals surface area contributed by atoms with Gasteiger partial charge < -0.3 is 0 Å². The van der Waals surface area contributed by atoms with Crippen molar-refractivity contribution in [3.05, 3.63) is 63.9 Å². The van der Waals surface area contributed by atoms with Crippen molar-refractivity contribution in [3.63, 3.8) is 0 Å². The third kappa shape index (κ3) is 2.36. The number of hydrogen-bond donors (Lipinski definition) is 0. The van der Waals surface area contributed by atoms with Crippen molar-refractivity contribution < 1.29 is 4.79 Å². The van der Waals surface area contributed by atoms with Gasteiger partial charge in [-0.15, -0.1) is 0 Å². The zero-order chi connectivity index (χ0) is 11.5. The van der Waals surface area contributed by atoms with E-state index in [2.05, 4.69) is 20.9 Å². The van der Waals surface area contributed by atoms with Crippen LogP contribution in [0.5, 0.6) is 0 Å². The van der Waals surface area contributed by atoms with E-state index >= 15 is 0 Å². The molecule has 0 radical (unpaired) electrons. The maximum atomic E-state index is 12.1. The molecule has 16 heavy (non-hydrogen) atoms. The molecule has 3 heteroatoms. The molecular formula is C13H10BrNO. The second-order valence-corrected chi connectivity index (χ2v) is 4.51. The van der Waals surface area contributed by atoms with Crippen LogP contribution in [0.4, 0.5) is 0 Å². The molecule has 0 aliphatic carbocycles. The Morgan fingerprint density at radius 3 is 2.69 bits per heavy atom. The number of halogens is 1. The van der Waals surface area contributed by atoms with Gasteiger partial charge >= 0.3 is 0 Å². The number of pyridine rings is 1. The van der Waals surface area contributed by atoms with Crippen molar-refractivity contribution in [3.8, 4) is 0 Å². The molecule has 2 nitrogen and oxygen atoms in total. The molecule has 1 heterocycles. The molecule has 0 unspecified atom stereocenters. The van der Waals surface area contributed by atoms with Crippen molar-refractivity contribution in [1.29, 1.82) is 0 Å². The molecule has 0 N–H and O–H groups in total. The fraction of sp³-hybridized carbons (Fsp3) is 0.0769. The van der Waals surface area contributed by atoms with E-state index in [0.29, 0.717) is 11.1 Å². The fourth-order valence-electron chi connectivity index (χ4n) is 1.49. The molecule has 0 aliphatic rings. The summed E-state index contributed by atoms with van der Waals surface area (Å²) in [4.78, 5) is 16.1. The van der Waals surface area contributed by atoms with E-state index in [1.807, 2.05) is 31.2 Å². The van der Waals surface area contributed by atoms with E-state index in [9.17, 15) is 4.79 Å². The predicted molar refractivity (Wildman–Crippen MR) is 66.5 cm³/mol. The third-order valence-electron chi connectivity index (χ3n) is 2.25. The summed E-state index contributed by atoms with van der Waals surface area (Å²) in [6, 6.07) is 9.32. The number of ketones is 1. The Bertz CT molecular complexity index is 489. The minimum atomic E-state index is -0.00231. The summed E-state index contributed by atoms with van der Waals surface area (Å²) in [5.74, 6) is -0.00231. The van der Waals surface area contributed by atoms with Gasteiger partial charge in [-0.3, -0.25) is 9.78 Å². The van der Waals surface area contributed by atoms with Crippen LogP contribution < -0.4 is 0 Å². The highest BCUT2D eigenvalue weighted by Gasteiger charge is 2.09. The quantitative estimate of drug-likeness (QED) is 0.787. The Balaban J connectivity index is 2.39. The number of carbonyl (C=O) groups excluding carboxylic acids is 1. The van der Waals surface area contributed by atoms with Crippen LogP contribution in [0.3, 0.4) is 0 Å². The van der Waals surface area contributed by atoms with Gasteiger partial charge in [-0.05, 0) is 35.0 Å². The number of aryl methyl sites for hydroxylation is 1. The van der Waals surface area contributed by atoms with Crippen LogP contribution in [0.1, 0.15) is 21.5 Å². The minimum Gasteiger partial charge on any atom is -0.289 e. The molecule has 1 aromatic carbocycles. The predicted octanol–water partition coefficient (Wildman–Crippen LogP) is 3.38. The van der Waals surface area contributed by atoms with E-state index in [1.165, 1.54) is 0 Å². The van der Waals surface area contributed by atoms with Crippen LogP contribution in [0.25, 0.3) is 0 Å². The van der Waals surface area contributed by atoms with E-state index in [4.69, 9.17) is 0 Å². The van der Waals surface area contributed by atoms with Gasteiger partial charge in [0.15, 0.2) is 5.78 Å². The number of hydrogen-bond acceptors (Lipinski definition) is 2. The molecule has 0 atom stereocenters. The van der Waals surface area contributed by atoms with Crippen LogP contribution in [-0.4, -0.2) is 10.8 Å². The number of nitrogens with zero attached hydrogens (tertiary/aromatic N) is 1. The summed E-state index contributed by atoms with van der Waals surface area (Å²) < 4.78 is 0.811. The van der Waals surface area contributed by atoms with Crippen LogP contribution in [0, 0.1) is 6.92 Å². The number of carbonyl (C=O) groups is 1. The maximum Gasteiger partial charge on any atom is 0.194 e. The molecule has 0 saturated heterocycles. The number of benzene rings is 1. The van der Waals surface area contributed by atoms with Gasteiger partial charge in [0.2, 0.25) is 0 Å². The standard InChI is InChI=1S/C13H10BrNO/c1-9-3-2-4-10(5-9)13(16)11-6-12(14)8-15-7-11/h2-8H,1H3. The van der Waals surface area contributed by atoms with Crippen molar-refractivity contribution >= 4 is 21.7 Å². The van der Waals surface area contributed by atoms with Crippen molar-refractivity contribution in [1.82, 2.24) is 4.98 Å². The molecule has 0 saturated carbocycles. The van der Waals surface area contributed by atoms with Gasteiger partial charge in [-0.1, -0.05) is 23.8 Å². The van der Waals surface area contributed by atoms with Crippen LogP contribution in [0.15, 0.2) is 47.2 Å². The first kappa shape index (κ1) is 11.0. The maximum absolute atomic E-state index is 12.1. The SMILES string of the molecule is Cc1cccc(C(=O)c2cncc(Br)c2)c1. The van der Waals surface area contributed by atoms with Gasteiger partial charge in [0.05, 0.1) is 0 Å². The van der Waals surface area contributed by atoms with Crippen LogP contribution >= 0.6 is 15.9 Å². The Hall–Kier alpha value is -1.48. The van der Waals surface area contributed by atoms with Crippen LogP contribution in [-0.2, 0) is 0 Å². The summed E-state index contributed by atoms with van der Waals surface area (Å²) >= 11 is 3.30. The van der Waals surface area contributed by atoms with E-state index < -0.39 is 0 Å². The van der Waals surface area contributed by atoms with E-state index in [-0.39, 0.29) is 5.78 Å². The molecule has 2 rings (SSSR count). The van der Waals surface area contributed by atoms with Gasteiger partial charge in [0.25, 0.3) is 0 Å². The fourth-order valence-corrected chi connectivity index (χ4v) is 1.85. The molecule has 2 aromatic rings. The first-order valence-electron chi connectivity index (χ1n) is 4.89. The summed E-state index contributed by atoms with van der Waals surface area (Å²) in [6.45, 7) is 1.97. The molecule has 1 aromatic heterocycles. The Labute approximate surface area is 102 Å². The highest BCUT2D eigenvalue weighted by molar-refractivity contribution is 9.10. The minimum absolute atomic E-state index is 0.00231. The number of aromatic nitrogens is 1. The smallest absolute Gasteiger partial charge is 0.194 e. The molecular weight excluding hydrogens is 266 g/mol. The van der Waals surface area contributed by atoms with Gasteiger partial charge in [-0.2, -0.15) is 0 Å².